The molecule has 0 spiro atoms. The zero-order valence-electron chi connectivity index (χ0n) is 18.7. The molecule has 1 aliphatic carbocycles. The molecule has 4 rings (SSSR count). The highest BCUT2D eigenvalue weighted by Crippen LogP contribution is 2.32. The number of thiophene rings is 1. The summed E-state index contributed by atoms with van der Waals surface area (Å²) in [7, 11) is 0. The number of aryl methyl sites for hydroxylation is 2. The lowest BCUT2D eigenvalue weighted by Crippen LogP contribution is -2.47. The van der Waals surface area contributed by atoms with E-state index in [9.17, 15) is 9.59 Å². The molecular formula is C27H30N2O2S. The maximum absolute atomic E-state index is 13.7. The Hall–Kier alpha value is -2.92. The molecule has 166 valence electrons. The van der Waals surface area contributed by atoms with E-state index in [2.05, 4.69) is 5.32 Å². The summed E-state index contributed by atoms with van der Waals surface area (Å²) in [6.45, 7) is 4.01. The fraction of sp³-hybridized carbons (Fsp3) is 0.333. The van der Waals surface area contributed by atoms with Crippen LogP contribution in [0.4, 0.5) is 5.69 Å². The van der Waals surface area contributed by atoms with E-state index in [0.29, 0.717) is 0 Å². The highest BCUT2D eigenvalue weighted by Gasteiger charge is 2.34. The van der Waals surface area contributed by atoms with Crippen molar-refractivity contribution in [2.75, 3.05) is 4.90 Å². The first-order valence-corrected chi connectivity index (χ1v) is 12.2. The average Bonchev–Trinajstić information content (AvgIpc) is 3.48. The van der Waals surface area contributed by atoms with Gasteiger partial charge in [-0.05, 0) is 55.3 Å². The molecule has 1 saturated carbocycles. The number of carbonyl (C=O) groups is 2. The van der Waals surface area contributed by atoms with E-state index in [4.69, 9.17) is 0 Å². The summed E-state index contributed by atoms with van der Waals surface area (Å²) in [4.78, 5) is 30.2. The van der Waals surface area contributed by atoms with Crippen LogP contribution < -0.4 is 10.2 Å². The molecule has 3 aromatic rings. The number of benzene rings is 2. The first kappa shape index (κ1) is 22.3. The summed E-state index contributed by atoms with van der Waals surface area (Å²) in [5.41, 5.74) is 3.70. The van der Waals surface area contributed by atoms with Crippen LogP contribution in [-0.2, 0) is 16.0 Å². The lowest BCUT2D eigenvalue weighted by Gasteiger charge is -2.33. The fourth-order valence-corrected chi connectivity index (χ4v) is 5.11. The summed E-state index contributed by atoms with van der Waals surface area (Å²) in [5.74, 6) is -0.183. The molecule has 2 amide bonds. The number of hydrogen-bond acceptors (Lipinski definition) is 3. The topological polar surface area (TPSA) is 49.4 Å². The van der Waals surface area contributed by atoms with Gasteiger partial charge < -0.3 is 5.32 Å². The number of anilines is 1. The third kappa shape index (κ3) is 5.10. The Labute approximate surface area is 194 Å². The Balaban J connectivity index is 1.77. The second kappa shape index (κ2) is 10.1. The Morgan fingerprint density at radius 3 is 2.38 bits per heavy atom. The van der Waals surface area contributed by atoms with Gasteiger partial charge in [0, 0.05) is 16.6 Å². The van der Waals surface area contributed by atoms with Gasteiger partial charge in [0.05, 0.1) is 6.42 Å². The predicted molar refractivity (Wildman–Crippen MR) is 131 cm³/mol. The van der Waals surface area contributed by atoms with Crippen molar-refractivity contribution in [2.24, 2.45) is 0 Å². The summed E-state index contributed by atoms with van der Waals surface area (Å²) < 4.78 is 0. The summed E-state index contributed by atoms with van der Waals surface area (Å²) in [5, 5.41) is 5.22. The molecule has 1 aromatic heterocycles. The predicted octanol–water partition coefficient (Wildman–Crippen LogP) is 5.74. The van der Waals surface area contributed by atoms with Crippen molar-refractivity contribution in [3.63, 3.8) is 0 Å². The van der Waals surface area contributed by atoms with Gasteiger partial charge in [-0.2, -0.15) is 0 Å². The zero-order valence-corrected chi connectivity index (χ0v) is 19.5. The van der Waals surface area contributed by atoms with Gasteiger partial charge in [-0.1, -0.05) is 66.9 Å². The van der Waals surface area contributed by atoms with Crippen LogP contribution in [0.1, 0.15) is 53.3 Å². The normalized spacial score (nSPS) is 14.8. The van der Waals surface area contributed by atoms with Crippen molar-refractivity contribution < 1.29 is 9.59 Å². The van der Waals surface area contributed by atoms with Crippen molar-refractivity contribution in [3.8, 4) is 0 Å². The Morgan fingerprint density at radius 2 is 1.72 bits per heavy atom. The number of nitrogens with one attached hydrogen (secondary N) is 1. The van der Waals surface area contributed by atoms with E-state index < -0.39 is 6.04 Å². The minimum absolute atomic E-state index is 0.0751. The largest absolute Gasteiger partial charge is 0.351 e. The maximum Gasteiger partial charge on any atom is 0.248 e. The Kier molecular flexibility index (Phi) is 7.05. The molecule has 32 heavy (non-hydrogen) atoms. The zero-order chi connectivity index (χ0) is 22.5. The maximum atomic E-state index is 13.7. The van der Waals surface area contributed by atoms with Gasteiger partial charge in [0.25, 0.3) is 0 Å². The van der Waals surface area contributed by atoms with Crippen LogP contribution in [0.3, 0.4) is 0 Å². The third-order valence-corrected chi connectivity index (χ3v) is 7.03. The number of para-hydroxylation sites is 1. The average molecular weight is 447 g/mol. The molecule has 4 nitrogen and oxygen atoms in total. The van der Waals surface area contributed by atoms with Crippen LogP contribution in [0.2, 0.25) is 0 Å². The standard InChI is InChI=1S/C27H30N2O2S/c1-19-13-15-21(16-14-19)26(27(31)28-22-9-4-5-10-22)29(24-12-6-3-8-20(24)2)25(30)18-23-11-7-17-32-23/h3,6-8,11-17,22,26H,4-5,9-10,18H2,1-2H3,(H,28,31)/t26-/m0/s1. The lowest BCUT2D eigenvalue weighted by molar-refractivity contribution is -0.127. The Bertz CT molecular complexity index is 1050. The molecule has 1 heterocycles. The first-order valence-electron chi connectivity index (χ1n) is 11.3. The van der Waals surface area contributed by atoms with Crippen molar-refractivity contribution in [1.29, 1.82) is 0 Å². The third-order valence-electron chi connectivity index (χ3n) is 6.15. The molecule has 1 aliphatic rings. The van der Waals surface area contributed by atoms with E-state index in [1.807, 2.05) is 79.9 Å². The van der Waals surface area contributed by atoms with Crippen molar-refractivity contribution >= 4 is 28.8 Å². The van der Waals surface area contributed by atoms with Gasteiger partial charge in [-0.3, -0.25) is 14.5 Å². The smallest absolute Gasteiger partial charge is 0.248 e. The van der Waals surface area contributed by atoms with Crippen molar-refractivity contribution in [3.05, 3.63) is 87.6 Å². The Morgan fingerprint density at radius 1 is 1.00 bits per heavy atom. The van der Waals surface area contributed by atoms with E-state index >= 15 is 0 Å². The molecule has 2 aromatic carbocycles. The molecule has 0 aliphatic heterocycles. The molecule has 0 radical (unpaired) electrons. The van der Waals surface area contributed by atoms with Crippen LogP contribution >= 0.6 is 11.3 Å². The van der Waals surface area contributed by atoms with E-state index in [-0.39, 0.29) is 24.3 Å². The van der Waals surface area contributed by atoms with Gasteiger partial charge in [0.15, 0.2) is 0 Å². The molecule has 1 fully saturated rings. The molecule has 0 saturated heterocycles. The second-order valence-electron chi connectivity index (χ2n) is 8.61. The van der Waals surface area contributed by atoms with Gasteiger partial charge in [0.1, 0.15) is 6.04 Å². The van der Waals surface area contributed by atoms with Crippen LogP contribution in [-0.4, -0.2) is 17.9 Å². The number of hydrogen-bond donors (Lipinski definition) is 1. The van der Waals surface area contributed by atoms with Crippen molar-refractivity contribution in [2.45, 2.75) is 58.0 Å². The molecule has 0 bridgehead atoms. The molecule has 1 atom stereocenters. The number of amides is 2. The quantitative estimate of drug-likeness (QED) is 0.503. The molecule has 5 heteroatoms. The highest BCUT2D eigenvalue weighted by atomic mass is 32.1. The van der Waals surface area contributed by atoms with E-state index in [1.165, 1.54) is 0 Å². The van der Waals surface area contributed by atoms with Crippen LogP contribution in [0, 0.1) is 13.8 Å². The molecular weight excluding hydrogens is 416 g/mol. The first-order chi connectivity index (χ1) is 15.5. The number of carbonyl (C=O) groups excluding carboxylic acids is 2. The van der Waals surface area contributed by atoms with Crippen molar-refractivity contribution in [1.82, 2.24) is 5.32 Å². The van der Waals surface area contributed by atoms with Crippen LogP contribution in [0.15, 0.2) is 66.0 Å². The minimum atomic E-state index is -0.718. The second-order valence-corrected chi connectivity index (χ2v) is 9.64. The highest BCUT2D eigenvalue weighted by molar-refractivity contribution is 7.10. The van der Waals surface area contributed by atoms with Crippen LogP contribution in [0.25, 0.3) is 0 Å². The number of rotatable bonds is 7. The SMILES string of the molecule is Cc1ccc([C@@H](C(=O)NC2CCCC2)N(C(=O)Cc2cccs2)c2ccccc2C)cc1. The van der Waals surface area contributed by atoms with Gasteiger partial charge in [0.2, 0.25) is 11.8 Å². The van der Waals surface area contributed by atoms with Gasteiger partial charge in [-0.15, -0.1) is 11.3 Å². The van der Waals surface area contributed by atoms with Gasteiger partial charge in [-0.25, -0.2) is 0 Å². The summed E-state index contributed by atoms with van der Waals surface area (Å²) in [6.07, 6.45) is 4.54. The number of nitrogens with zero attached hydrogens (tertiary/aromatic N) is 1. The summed E-state index contributed by atoms with van der Waals surface area (Å²) in [6, 6.07) is 19.1. The summed E-state index contributed by atoms with van der Waals surface area (Å²) >= 11 is 1.56. The van der Waals surface area contributed by atoms with Gasteiger partial charge >= 0.3 is 0 Å². The van der Waals surface area contributed by atoms with E-state index in [1.54, 1.807) is 16.2 Å². The lowest BCUT2D eigenvalue weighted by atomic mass is 9.99. The van der Waals surface area contributed by atoms with Crippen LogP contribution in [0.5, 0.6) is 0 Å². The fourth-order valence-electron chi connectivity index (χ4n) is 4.42. The molecule has 0 unspecified atom stereocenters. The van der Waals surface area contributed by atoms with E-state index in [0.717, 1.165) is 52.9 Å². The minimum Gasteiger partial charge on any atom is -0.351 e. The molecule has 1 N–H and O–H groups in total. The monoisotopic (exact) mass is 446 g/mol.